The molecule has 0 spiro atoms. The number of halogens is 3. The number of carboxylic acid groups (broad SMARTS) is 1. The molecule has 1 aliphatic carbocycles. The molecule has 8 nitrogen and oxygen atoms in total. The zero-order valence-corrected chi connectivity index (χ0v) is 19.8. The molecule has 1 saturated carbocycles. The molecule has 35 heavy (non-hydrogen) atoms. The quantitative estimate of drug-likeness (QED) is 0.418. The molecule has 1 atom stereocenters. The van der Waals surface area contributed by atoms with E-state index in [4.69, 9.17) is 0 Å². The Morgan fingerprint density at radius 3 is 2.51 bits per heavy atom. The van der Waals surface area contributed by atoms with E-state index in [1.807, 2.05) is 0 Å². The van der Waals surface area contributed by atoms with Gasteiger partial charge < -0.3 is 15.5 Å². The van der Waals surface area contributed by atoms with E-state index >= 15 is 0 Å². The topological polar surface area (TPSA) is 121 Å². The average Bonchev–Trinajstić information content (AvgIpc) is 3.30. The van der Waals surface area contributed by atoms with Crippen molar-refractivity contribution in [3.8, 4) is 10.6 Å². The van der Waals surface area contributed by atoms with E-state index in [9.17, 15) is 28.2 Å². The Morgan fingerprint density at radius 1 is 1.14 bits per heavy atom. The minimum atomic E-state index is -4.58. The Balaban J connectivity index is 1.54. The first-order valence-electron chi connectivity index (χ1n) is 11.0. The van der Waals surface area contributed by atoms with Crippen molar-refractivity contribution in [1.29, 1.82) is 0 Å². The number of carboxylic acids is 1. The molecule has 186 valence electrons. The molecule has 4 rings (SSSR count). The van der Waals surface area contributed by atoms with Crippen molar-refractivity contribution >= 4 is 28.9 Å². The molecule has 0 radical (unpaired) electrons. The maximum atomic E-state index is 13.0. The van der Waals surface area contributed by atoms with Crippen molar-refractivity contribution in [3.63, 3.8) is 0 Å². The summed E-state index contributed by atoms with van der Waals surface area (Å²) < 4.78 is 38.9. The molecular weight excluding hydrogens is 483 g/mol. The van der Waals surface area contributed by atoms with Gasteiger partial charge in [-0.15, -0.1) is 11.3 Å². The van der Waals surface area contributed by atoms with Gasteiger partial charge in [-0.1, -0.05) is 0 Å². The minimum Gasteiger partial charge on any atom is -0.481 e. The largest absolute Gasteiger partial charge is 0.481 e. The van der Waals surface area contributed by atoms with Gasteiger partial charge in [-0.3, -0.25) is 9.78 Å². The molecule has 0 saturated heterocycles. The van der Waals surface area contributed by atoms with Gasteiger partial charge in [0.1, 0.15) is 16.3 Å². The first-order valence-corrected chi connectivity index (χ1v) is 11.8. The summed E-state index contributed by atoms with van der Waals surface area (Å²) in [7, 11) is 0. The van der Waals surface area contributed by atoms with E-state index in [1.165, 1.54) is 11.3 Å². The van der Waals surface area contributed by atoms with Crippen LogP contribution in [0.4, 0.5) is 24.8 Å². The molecule has 0 bridgehead atoms. The molecule has 0 aliphatic heterocycles. The second-order valence-corrected chi connectivity index (χ2v) is 9.87. The Kier molecular flexibility index (Phi) is 6.78. The van der Waals surface area contributed by atoms with E-state index in [0.29, 0.717) is 52.6 Å². The predicted molar refractivity (Wildman–Crippen MR) is 123 cm³/mol. The Hall–Kier alpha value is -3.12. The number of aliphatic hydroxyl groups is 1. The van der Waals surface area contributed by atoms with E-state index in [-0.39, 0.29) is 17.8 Å². The maximum absolute atomic E-state index is 13.0. The fraction of sp³-hybridized carbons (Fsp3) is 0.435. The summed E-state index contributed by atoms with van der Waals surface area (Å²) in [6.45, 7) is 3.45. The zero-order valence-electron chi connectivity index (χ0n) is 19.0. The second kappa shape index (κ2) is 9.50. The van der Waals surface area contributed by atoms with Gasteiger partial charge in [0.05, 0.1) is 16.5 Å². The fourth-order valence-electron chi connectivity index (χ4n) is 4.28. The first-order chi connectivity index (χ1) is 16.4. The van der Waals surface area contributed by atoms with Gasteiger partial charge in [0.25, 0.3) is 0 Å². The lowest BCUT2D eigenvalue weighted by Gasteiger charge is -2.35. The van der Waals surface area contributed by atoms with Gasteiger partial charge in [-0.2, -0.15) is 13.2 Å². The summed E-state index contributed by atoms with van der Waals surface area (Å²) in [5.74, 6) is -1.48. The van der Waals surface area contributed by atoms with Crippen molar-refractivity contribution in [2.24, 2.45) is 11.8 Å². The third kappa shape index (κ3) is 5.59. The summed E-state index contributed by atoms with van der Waals surface area (Å²) >= 11 is 1.28. The van der Waals surface area contributed by atoms with Crippen molar-refractivity contribution in [2.45, 2.75) is 51.3 Å². The number of aromatic nitrogens is 4. The summed E-state index contributed by atoms with van der Waals surface area (Å²) in [4.78, 5) is 28.2. The SMILES string of the molecule is Cc1cc(Nc2nccc(C(F)(F)F)n2)cc(-c2cnc(C(C)(O)[C@H]3CC[C@H](C(=O)O)CC3)s2)n1. The Morgan fingerprint density at radius 2 is 1.86 bits per heavy atom. The number of anilines is 2. The number of carbonyl (C=O) groups is 1. The van der Waals surface area contributed by atoms with Crippen LogP contribution in [0.3, 0.4) is 0 Å². The number of aliphatic carboxylic acids is 1. The average molecular weight is 508 g/mol. The van der Waals surface area contributed by atoms with E-state index in [1.54, 1.807) is 32.2 Å². The number of hydrogen-bond acceptors (Lipinski definition) is 8. The third-order valence-corrected chi connectivity index (χ3v) is 7.46. The fourth-order valence-corrected chi connectivity index (χ4v) is 5.28. The lowest BCUT2D eigenvalue weighted by Crippen LogP contribution is -2.35. The van der Waals surface area contributed by atoms with Crippen LogP contribution in [-0.4, -0.2) is 36.1 Å². The number of nitrogens with one attached hydrogen (secondary N) is 1. The smallest absolute Gasteiger partial charge is 0.433 e. The molecule has 0 amide bonds. The van der Waals surface area contributed by atoms with Gasteiger partial charge in [0, 0.05) is 23.8 Å². The van der Waals surface area contributed by atoms with E-state index in [2.05, 4.69) is 25.3 Å². The highest BCUT2D eigenvalue weighted by atomic mass is 32.1. The van der Waals surface area contributed by atoms with Gasteiger partial charge >= 0.3 is 12.1 Å². The molecule has 1 fully saturated rings. The number of pyridine rings is 1. The minimum absolute atomic E-state index is 0.113. The first kappa shape index (κ1) is 25.0. The number of thiazole rings is 1. The van der Waals surface area contributed by atoms with Crippen LogP contribution in [-0.2, 0) is 16.6 Å². The van der Waals surface area contributed by atoms with Crippen molar-refractivity contribution < 1.29 is 28.2 Å². The molecule has 12 heteroatoms. The monoisotopic (exact) mass is 507 g/mol. The van der Waals surface area contributed by atoms with Crippen LogP contribution in [0.15, 0.2) is 30.6 Å². The number of rotatable bonds is 6. The van der Waals surface area contributed by atoms with E-state index in [0.717, 1.165) is 12.3 Å². The highest BCUT2D eigenvalue weighted by Crippen LogP contribution is 2.43. The van der Waals surface area contributed by atoms with Crippen LogP contribution in [0.2, 0.25) is 0 Å². The Bertz CT molecular complexity index is 1220. The van der Waals surface area contributed by atoms with Gasteiger partial charge in [0.2, 0.25) is 5.95 Å². The molecule has 0 aromatic carbocycles. The van der Waals surface area contributed by atoms with Crippen molar-refractivity contribution in [2.75, 3.05) is 5.32 Å². The maximum Gasteiger partial charge on any atom is 0.433 e. The third-order valence-electron chi connectivity index (χ3n) is 6.22. The molecule has 1 aliphatic rings. The summed E-state index contributed by atoms with van der Waals surface area (Å²) in [5, 5.41) is 23.8. The standard InChI is InChI=1S/C23H24F3N5O3S/c1-12-9-15(30-21-27-8-7-18(31-21)23(24,25)26)10-16(29-12)17-11-28-20(35-17)22(2,34)14-5-3-13(4-6-14)19(32)33/h7-11,13-14,34H,3-6H2,1-2H3,(H,32,33)(H,27,29,30,31)/t13-,14-,22?. The van der Waals surface area contributed by atoms with Crippen LogP contribution in [0.1, 0.15) is 49.0 Å². The molecule has 3 aromatic rings. The zero-order chi connectivity index (χ0) is 25.4. The number of aryl methyl sites for hydroxylation is 1. The van der Waals surface area contributed by atoms with Crippen LogP contribution >= 0.6 is 11.3 Å². The normalized spacial score (nSPS) is 20.3. The highest BCUT2D eigenvalue weighted by molar-refractivity contribution is 7.15. The van der Waals surface area contributed by atoms with Crippen molar-refractivity contribution in [3.05, 3.63) is 47.0 Å². The lowest BCUT2D eigenvalue weighted by molar-refractivity contribution is -0.144. The second-order valence-electron chi connectivity index (χ2n) is 8.83. The summed E-state index contributed by atoms with van der Waals surface area (Å²) in [6.07, 6.45) is 0.264. The number of alkyl halides is 3. The number of hydrogen-bond donors (Lipinski definition) is 3. The van der Waals surface area contributed by atoms with Crippen LogP contribution in [0.25, 0.3) is 10.6 Å². The molecule has 1 unspecified atom stereocenters. The molecule has 3 heterocycles. The lowest BCUT2D eigenvalue weighted by atomic mass is 9.74. The molecule has 3 N–H and O–H groups in total. The Labute approximate surface area is 203 Å². The van der Waals surface area contributed by atoms with Gasteiger partial charge in [-0.05, 0) is 63.6 Å². The van der Waals surface area contributed by atoms with Crippen LogP contribution in [0.5, 0.6) is 0 Å². The van der Waals surface area contributed by atoms with Crippen LogP contribution < -0.4 is 5.32 Å². The van der Waals surface area contributed by atoms with Gasteiger partial charge in [0.15, 0.2) is 0 Å². The highest BCUT2D eigenvalue weighted by Gasteiger charge is 2.40. The van der Waals surface area contributed by atoms with Crippen molar-refractivity contribution in [1.82, 2.24) is 19.9 Å². The summed E-state index contributed by atoms with van der Waals surface area (Å²) in [6, 6.07) is 4.11. The predicted octanol–water partition coefficient (Wildman–Crippen LogP) is 5.16. The van der Waals surface area contributed by atoms with Gasteiger partial charge in [-0.25, -0.2) is 15.0 Å². The van der Waals surface area contributed by atoms with Crippen LogP contribution in [0, 0.1) is 18.8 Å². The summed E-state index contributed by atoms with van der Waals surface area (Å²) in [5.41, 5.74) is -0.657. The molecular formula is C23H24F3N5O3S. The number of nitrogens with zero attached hydrogens (tertiary/aromatic N) is 4. The van der Waals surface area contributed by atoms with E-state index < -0.39 is 23.4 Å². The molecule has 3 aromatic heterocycles.